The van der Waals surface area contributed by atoms with E-state index in [4.69, 9.17) is 10.7 Å². The predicted octanol–water partition coefficient (Wildman–Crippen LogP) is 2.69. The van der Waals surface area contributed by atoms with Gasteiger partial charge in [-0.3, -0.25) is 9.67 Å². The molecular weight excluding hydrogens is 310 g/mol. The Morgan fingerprint density at radius 1 is 1.24 bits per heavy atom. The average Bonchev–Trinajstić information content (AvgIpc) is 2.76. The van der Waals surface area contributed by atoms with Crippen LogP contribution < -0.4 is 0 Å². The highest BCUT2D eigenvalue weighted by atomic mass is 35.7. The molecule has 21 heavy (non-hydrogen) atoms. The summed E-state index contributed by atoms with van der Waals surface area (Å²) in [6.45, 7) is 6.11. The van der Waals surface area contributed by atoms with Crippen LogP contribution in [0.3, 0.4) is 0 Å². The molecule has 0 saturated heterocycles. The van der Waals surface area contributed by atoms with Gasteiger partial charge in [-0.25, -0.2) is 8.42 Å². The molecule has 2 aromatic heterocycles. The summed E-state index contributed by atoms with van der Waals surface area (Å²) in [5, 5.41) is 4.40. The smallest absolute Gasteiger partial charge is 0.262 e. The van der Waals surface area contributed by atoms with Gasteiger partial charge in [0.1, 0.15) is 4.90 Å². The van der Waals surface area contributed by atoms with Crippen LogP contribution in [0.2, 0.25) is 0 Å². The first-order valence-corrected chi connectivity index (χ1v) is 9.13. The lowest BCUT2D eigenvalue weighted by molar-refractivity contribution is 0.604. The lowest BCUT2D eigenvalue weighted by Crippen LogP contribution is -2.08. The van der Waals surface area contributed by atoms with Gasteiger partial charge < -0.3 is 0 Å². The summed E-state index contributed by atoms with van der Waals surface area (Å²) < 4.78 is 25.3. The van der Waals surface area contributed by atoms with Crippen LogP contribution >= 0.6 is 10.7 Å². The Morgan fingerprint density at radius 3 is 2.48 bits per heavy atom. The zero-order chi connectivity index (χ0) is 15.6. The van der Waals surface area contributed by atoms with Crippen LogP contribution in [0.25, 0.3) is 0 Å². The Balaban J connectivity index is 2.52. The van der Waals surface area contributed by atoms with E-state index in [0.717, 1.165) is 11.4 Å². The first kappa shape index (κ1) is 16.0. The van der Waals surface area contributed by atoms with Crippen LogP contribution in [0.15, 0.2) is 23.1 Å². The van der Waals surface area contributed by atoms with E-state index in [1.807, 2.05) is 39.0 Å². The fraction of sp³-hybridized carbons (Fsp3) is 0.429. The first-order valence-electron chi connectivity index (χ1n) is 6.82. The van der Waals surface area contributed by atoms with Crippen molar-refractivity contribution in [2.75, 3.05) is 0 Å². The van der Waals surface area contributed by atoms with E-state index in [-0.39, 0.29) is 4.90 Å². The minimum atomic E-state index is -3.80. The molecule has 2 heterocycles. The molecule has 2 rings (SSSR count). The zero-order valence-corrected chi connectivity index (χ0v) is 13.9. The van der Waals surface area contributed by atoms with E-state index in [0.29, 0.717) is 30.8 Å². The molecule has 5 nitrogen and oxygen atoms in total. The summed E-state index contributed by atoms with van der Waals surface area (Å²) in [6.07, 6.45) is 1.06. The van der Waals surface area contributed by atoms with E-state index in [9.17, 15) is 8.42 Å². The topological polar surface area (TPSA) is 64.8 Å². The third-order valence-electron chi connectivity index (χ3n) is 3.25. The maximum Gasteiger partial charge on any atom is 0.264 e. The molecule has 0 aliphatic heterocycles. The number of halogens is 1. The molecule has 0 aliphatic carbocycles. The second kappa shape index (κ2) is 6.15. The molecule has 0 N–H and O–H groups in total. The second-order valence-electron chi connectivity index (χ2n) is 4.80. The third kappa shape index (κ3) is 3.44. The molecule has 0 amide bonds. The standard InChI is InChI=1S/C14H18ClN3O2S/c1-4-12-14(21(15,19)20)13(5-2)18(17-12)9-11-8-6-7-10(3)16-11/h6-8H,4-5,9H2,1-3H3. The lowest BCUT2D eigenvalue weighted by atomic mass is 10.2. The largest absolute Gasteiger partial charge is 0.264 e. The van der Waals surface area contributed by atoms with E-state index in [1.54, 1.807) is 4.68 Å². The van der Waals surface area contributed by atoms with Gasteiger partial charge >= 0.3 is 0 Å². The maximum absolute atomic E-state index is 11.8. The molecule has 0 spiro atoms. The molecule has 114 valence electrons. The van der Waals surface area contributed by atoms with Crippen molar-refractivity contribution in [1.29, 1.82) is 0 Å². The van der Waals surface area contributed by atoms with Crippen LogP contribution in [0.5, 0.6) is 0 Å². The van der Waals surface area contributed by atoms with Crippen LogP contribution in [0, 0.1) is 6.92 Å². The fourth-order valence-electron chi connectivity index (χ4n) is 2.36. The molecule has 0 fully saturated rings. The highest BCUT2D eigenvalue weighted by Gasteiger charge is 2.25. The molecular formula is C14H18ClN3O2S. The van der Waals surface area contributed by atoms with Crippen molar-refractivity contribution in [3.05, 3.63) is 41.0 Å². The summed E-state index contributed by atoms with van der Waals surface area (Å²) in [5.74, 6) is 0. The fourth-order valence-corrected chi connectivity index (χ4v) is 3.89. The number of rotatable bonds is 5. The lowest BCUT2D eigenvalue weighted by Gasteiger charge is -2.07. The molecule has 7 heteroatoms. The quantitative estimate of drug-likeness (QED) is 0.792. The van der Waals surface area contributed by atoms with Crippen molar-refractivity contribution in [3.63, 3.8) is 0 Å². The highest BCUT2D eigenvalue weighted by molar-refractivity contribution is 8.13. The van der Waals surface area contributed by atoms with Crippen LogP contribution in [0.4, 0.5) is 0 Å². The number of nitrogens with zero attached hydrogens (tertiary/aromatic N) is 3. The maximum atomic E-state index is 11.8. The minimum Gasteiger partial charge on any atom is -0.262 e. The Morgan fingerprint density at radius 2 is 1.95 bits per heavy atom. The summed E-state index contributed by atoms with van der Waals surface area (Å²) in [4.78, 5) is 4.58. The van der Waals surface area contributed by atoms with Gasteiger partial charge in [0.2, 0.25) is 0 Å². The Kier molecular flexibility index (Phi) is 4.68. The molecule has 0 aliphatic rings. The summed E-state index contributed by atoms with van der Waals surface area (Å²) in [6, 6.07) is 5.74. The van der Waals surface area contributed by atoms with E-state index in [2.05, 4.69) is 10.1 Å². The number of aromatic nitrogens is 3. The van der Waals surface area contributed by atoms with Gasteiger partial charge in [-0.2, -0.15) is 5.10 Å². The van der Waals surface area contributed by atoms with Crippen molar-refractivity contribution < 1.29 is 8.42 Å². The number of hydrogen-bond donors (Lipinski definition) is 0. The normalized spacial score (nSPS) is 11.8. The highest BCUT2D eigenvalue weighted by Crippen LogP contribution is 2.25. The van der Waals surface area contributed by atoms with Crippen LogP contribution in [-0.2, 0) is 28.4 Å². The van der Waals surface area contributed by atoms with Gasteiger partial charge in [-0.1, -0.05) is 19.9 Å². The van der Waals surface area contributed by atoms with Gasteiger partial charge in [-0.15, -0.1) is 0 Å². The van der Waals surface area contributed by atoms with E-state index in [1.165, 1.54) is 0 Å². The molecule has 0 saturated carbocycles. The van der Waals surface area contributed by atoms with Gasteiger partial charge in [0.15, 0.2) is 0 Å². The number of aryl methyl sites for hydroxylation is 2. The monoisotopic (exact) mass is 327 g/mol. The average molecular weight is 328 g/mol. The molecule has 0 unspecified atom stereocenters. The van der Waals surface area contributed by atoms with Crippen LogP contribution in [0.1, 0.15) is 36.6 Å². The molecule has 2 aromatic rings. The van der Waals surface area contributed by atoms with Crippen molar-refractivity contribution in [1.82, 2.24) is 14.8 Å². The zero-order valence-electron chi connectivity index (χ0n) is 12.3. The SMILES string of the molecule is CCc1nn(Cc2cccc(C)n2)c(CC)c1S(=O)(=O)Cl. The summed E-state index contributed by atoms with van der Waals surface area (Å²) in [7, 11) is 1.77. The first-order chi connectivity index (χ1) is 9.86. The van der Waals surface area contributed by atoms with Crippen molar-refractivity contribution in [3.8, 4) is 0 Å². The second-order valence-corrected chi connectivity index (χ2v) is 7.30. The summed E-state index contributed by atoms with van der Waals surface area (Å²) in [5.41, 5.74) is 2.90. The minimum absolute atomic E-state index is 0.154. The van der Waals surface area contributed by atoms with Crippen molar-refractivity contribution in [2.45, 2.75) is 45.1 Å². The van der Waals surface area contributed by atoms with Gasteiger partial charge in [0.05, 0.1) is 23.6 Å². The Bertz CT molecular complexity index is 754. The predicted molar refractivity (Wildman–Crippen MR) is 82.1 cm³/mol. The van der Waals surface area contributed by atoms with E-state index >= 15 is 0 Å². The van der Waals surface area contributed by atoms with Gasteiger partial charge in [0, 0.05) is 16.4 Å². The van der Waals surface area contributed by atoms with E-state index < -0.39 is 9.05 Å². The summed E-state index contributed by atoms with van der Waals surface area (Å²) >= 11 is 0. The van der Waals surface area contributed by atoms with Crippen LogP contribution in [-0.4, -0.2) is 23.2 Å². The van der Waals surface area contributed by atoms with Gasteiger partial charge in [0.25, 0.3) is 9.05 Å². The Labute approximate surface area is 129 Å². The number of hydrogen-bond acceptors (Lipinski definition) is 4. The van der Waals surface area contributed by atoms with Gasteiger partial charge in [-0.05, 0) is 31.9 Å². The molecule has 0 bridgehead atoms. The molecule has 0 radical (unpaired) electrons. The number of pyridine rings is 1. The molecule has 0 aromatic carbocycles. The Hall–Kier alpha value is -1.40. The van der Waals surface area contributed by atoms with Crippen molar-refractivity contribution >= 4 is 19.7 Å². The third-order valence-corrected chi connectivity index (χ3v) is 4.67. The van der Waals surface area contributed by atoms with Crippen molar-refractivity contribution in [2.24, 2.45) is 0 Å². The molecule has 0 atom stereocenters.